The minimum Gasteiger partial charge on any atom is -0.389 e. The normalized spacial score (nSPS) is 19.9. The lowest BCUT2D eigenvalue weighted by Crippen LogP contribution is -2.43. The van der Waals surface area contributed by atoms with Crippen molar-refractivity contribution in [3.05, 3.63) is 29.3 Å². The van der Waals surface area contributed by atoms with E-state index in [4.69, 9.17) is 22.7 Å². The Bertz CT molecular complexity index is 489. The minimum atomic E-state index is -0.711. The van der Waals surface area contributed by atoms with Crippen LogP contribution in [0.15, 0.2) is 12.1 Å². The number of morpholine rings is 1. The molecule has 0 saturated carbocycles. The summed E-state index contributed by atoms with van der Waals surface area (Å²) < 4.78 is 33.2. The van der Waals surface area contributed by atoms with Gasteiger partial charge in [0.2, 0.25) is 0 Å². The van der Waals surface area contributed by atoms with Crippen LogP contribution in [0.2, 0.25) is 0 Å². The number of benzene rings is 1. The molecule has 1 heterocycles. The lowest BCUT2D eigenvalue weighted by Gasteiger charge is -2.30. The summed E-state index contributed by atoms with van der Waals surface area (Å²) in [6.07, 6.45) is -0.0946. The van der Waals surface area contributed by atoms with Crippen molar-refractivity contribution in [3.8, 4) is 0 Å². The SMILES string of the molecule is CN1CCOC(CNc2c(F)cc(C(N)=S)cc2F)C1. The van der Waals surface area contributed by atoms with Crippen LogP contribution in [-0.4, -0.2) is 49.3 Å². The van der Waals surface area contributed by atoms with Gasteiger partial charge in [-0.15, -0.1) is 0 Å². The first-order valence-corrected chi connectivity index (χ1v) is 6.71. The highest BCUT2D eigenvalue weighted by molar-refractivity contribution is 7.80. The van der Waals surface area contributed by atoms with Crippen LogP contribution < -0.4 is 11.1 Å². The molecule has 1 atom stereocenters. The second-order valence-corrected chi connectivity index (χ2v) is 5.25. The van der Waals surface area contributed by atoms with Gasteiger partial charge in [-0.05, 0) is 19.2 Å². The Labute approximate surface area is 121 Å². The van der Waals surface area contributed by atoms with Gasteiger partial charge in [-0.25, -0.2) is 8.78 Å². The molecular weight excluding hydrogens is 284 g/mol. The summed E-state index contributed by atoms with van der Waals surface area (Å²) in [6, 6.07) is 2.25. The number of anilines is 1. The van der Waals surface area contributed by atoms with Gasteiger partial charge in [0.05, 0.1) is 12.7 Å². The first kappa shape index (κ1) is 15.1. The zero-order valence-electron chi connectivity index (χ0n) is 11.2. The van der Waals surface area contributed by atoms with Crippen LogP contribution >= 0.6 is 12.2 Å². The smallest absolute Gasteiger partial charge is 0.150 e. The number of halogens is 2. The van der Waals surface area contributed by atoms with Crippen molar-refractivity contribution in [1.82, 2.24) is 4.90 Å². The Morgan fingerprint density at radius 3 is 2.70 bits per heavy atom. The van der Waals surface area contributed by atoms with Gasteiger partial charge in [-0.1, -0.05) is 12.2 Å². The number of thiocarbonyl (C=S) groups is 1. The molecule has 1 saturated heterocycles. The van der Waals surface area contributed by atoms with Crippen LogP contribution in [0, 0.1) is 11.6 Å². The summed E-state index contributed by atoms with van der Waals surface area (Å²) in [5.41, 5.74) is 5.36. The third-order valence-corrected chi connectivity index (χ3v) is 3.41. The fourth-order valence-electron chi connectivity index (χ4n) is 2.09. The van der Waals surface area contributed by atoms with Crippen molar-refractivity contribution in [1.29, 1.82) is 0 Å². The van der Waals surface area contributed by atoms with Crippen LogP contribution in [0.4, 0.5) is 14.5 Å². The van der Waals surface area contributed by atoms with E-state index in [-0.39, 0.29) is 22.3 Å². The fourth-order valence-corrected chi connectivity index (χ4v) is 2.21. The molecule has 1 aliphatic heterocycles. The quantitative estimate of drug-likeness (QED) is 0.822. The van der Waals surface area contributed by atoms with Crippen LogP contribution in [0.3, 0.4) is 0 Å². The maximum Gasteiger partial charge on any atom is 0.150 e. The number of nitrogens with one attached hydrogen (secondary N) is 1. The van der Waals surface area contributed by atoms with Gasteiger partial charge in [-0.2, -0.15) is 0 Å². The van der Waals surface area contributed by atoms with Crippen molar-refractivity contribution >= 4 is 22.9 Å². The highest BCUT2D eigenvalue weighted by Gasteiger charge is 2.19. The number of likely N-dealkylation sites (N-methyl/N-ethyl adjacent to an activating group) is 1. The fraction of sp³-hybridized carbons (Fsp3) is 0.462. The monoisotopic (exact) mass is 301 g/mol. The Morgan fingerprint density at radius 2 is 2.15 bits per heavy atom. The van der Waals surface area contributed by atoms with Crippen molar-refractivity contribution in [2.75, 3.05) is 38.6 Å². The molecule has 4 nitrogen and oxygen atoms in total. The van der Waals surface area contributed by atoms with E-state index in [1.807, 2.05) is 7.05 Å². The van der Waals surface area contributed by atoms with Crippen LogP contribution in [0.1, 0.15) is 5.56 Å². The molecule has 20 heavy (non-hydrogen) atoms. The molecule has 0 spiro atoms. The van der Waals surface area contributed by atoms with E-state index in [1.165, 1.54) is 0 Å². The molecule has 0 bridgehead atoms. The molecule has 1 unspecified atom stereocenters. The van der Waals surface area contributed by atoms with Gasteiger partial charge in [0.25, 0.3) is 0 Å². The Kier molecular flexibility index (Phi) is 4.85. The van der Waals surface area contributed by atoms with E-state index in [9.17, 15) is 8.78 Å². The minimum absolute atomic E-state index is 0.0356. The molecule has 0 radical (unpaired) electrons. The van der Waals surface area contributed by atoms with Gasteiger partial charge >= 0.3 is 0 Å². The molecule has 0 amide bonds. The number of nitrogens with two attached hydrogens (primary N) is 1. The van der Waals surface area contributed by atoms with Crippen molar-refractivity contribution in [2.24, 2.45) is 5.73 Å². The topological polar surface area (TPSA) is 50.5 Å². The molecule has 1 aromatic carbocycles. The zero-order chi connectivity index (χ0) is 14.7. The predicted molar refractivity (Wildman–Crippen MR) is 78.0 cm³/mol. The third-order valence-electron chi connectivity index (χ3n) is 3.18. The summed E-state index contributed by atoms with van der Waals surface area (Å²) in [5, 5.41) is 2.75. The van der Waals surface area contributed by atoms with Crippen molar-refractivity contribution in [2.45, 2.75) is 6.10 Å². The molecule has 1 fully saturated rings. The highest BCUT2D eigenvalue weighted by atomic mass is 32.1. The summed E-state index contributed by atoms with van der Waals surface area (Å²) in [4.78, 5) is 2.07. The summed E-state index contributed by atoms with van der Waals surface area (Å²) in [5.74, 6) is -1.42. The Hall–Kier alpha value is -1.31. The molecule has 1 aromatic rings. The standard InChI is InChI=1S/C13H17F2N3OS/c1-18-2-3-19-9(7-18)6-17-12-10(14)4-8(13(16)20)5-11(12)15/h4-5,9,17H,2-3,6-7H2,1H3,(H2,16,20). The van der Waals surface area contributed by atoms with Crippen LogP contribution in [0.5, 0.6) is 0 Å². The molecule has 110 valence electrons. The Balaban J connectivity index is 2.04. The van der Waals surface area contributed by atoms with E-state index < -0.39 is 11.6 Å². The lowest BCUT2D eigenvalue weighted by atomic mass is 10.1. The van der Waals surface area contributed by atoms with Gasteiger partial charge < -0.3 is 20.7 Å². The van der Waals surface area contributed by atoms with E-state index in [2.05, 4.69) is 10.2 Å². The lowest BCUT2D eigenvalue weighted by molar-refractivity contribution is -0.0117. The molecule has 3 N–H and O–H groups in total. The van der Waals surface area contributed by atoms with Crippen LogP contribution in [0.25, 0.3) is 0 Å². The van der Waals surface area contributed by atoms with Crippen LogP contribution in [-0.2, 0) is 4.74 Å². The number of nitrogens with zero attached hydrogens (tertiary/aromatic N) is 1. The first-order valence-electron chi connectivity index (χ1n) is 6.30. The molecule has 7 heteroatoms. The van der Waals surface area contributed by atoms with E-state index in [0.717, 1.165) is 25.2 Å². The third kappa shape index (κ3) is 3.62. The van der Waals surface area contributed by atoms with Gasteiger partial charge in [0, 0.05) is 25.2 Å². The van der Waals surface area contributed by atoms with Gasteiger partial charge in [0.1, 0.15) is 22.3 Å². The highest BCUT2D eigenvalue weighted by Crippen LogP contribution is 2.21. The summed E-state index contributed by atoms with van der Waals surface area (Å²) in [7, 11) is 1.98. The summed E-state index contributed by atoms with van der Waals surface area (Å²) >= 11 is 4.70. The summed E-state index contributed by atoms with van der Waals surface area (Å²) in [6.45, 7) is 2.54. The van der Waals surface area contributed by atoms with Crippen molar-refractivity contribution < 1.29 is 13.5 Å². The average Bonchev–Trinajstić information content (AvgIpc) is 2.37. The number of rotatable bonds is 4. The maximum atomic E-state index is 13.8. The predicted octanol–water partition coefficient (Wildman–Crippen LogP) is 1.34. The first-order chi connectivity index (χ1) is 9.47. The molecule has 0 aromatic heterocycles. The molecule has 2 rings (SSSR count). The van der Waals surface area contributed by atoms with E-state index in [0.29, 0.717) is 13.2 Å². The average molecular weight is 301 g/mol. The number of hydrogen-bond acceptors (Lipinski definition) is 4. The molecule has 1 aliphatic rings. The maximum absolute atomic E-state index is 13.8. The molecular formula is C13H17F2N3OS. The number of hydrogen-bond donors (Lipinski definition) is 2. The van der Waals surface area contributed by atoms with Gasteiger partial charge in [-0.3, -0.25) is 0 Å². The zero-order valence-corrected chi connectivity index (χ0v) is 12.0. The largest absolute Gasteiger partial charge is 0.389 e. The second-order valence-electron chi connectivity index (χ2n) is 4.82. The second kappa shape index (κ2) is 6.43. The van der Waals surface area contributed by atoms with Gasteiger partial charge in [0.15, 0.2) is 0 Å². The molecule has 0 aliphatic carbocycles. The number of ether oxygens (including phenoxy) is 1. The Morgan fingerprint density at radius 1 is 1.50 bits per heavy atom. The van der Waals surface area contributed by atoms with E-state index in [1.54, 1.807) is 0 Å². The van der Waals surface area contributed by atoms with Crippen molar-refractivity contribution in [3.63, 3.8) is 0 Å². The van der Waals surface area contributed by atoms with E-state index >= 15 is 0 Å².